The van der Waals surface area contributed by atoms with E-state index in [1.54, 1.807) is 4.90 Å². The summed E-state index contributed by atoms with van der Waals surface area (Å²) in [6.45, 7) is 5.25. The molecule has 2 fully saturated rings. The van der Waals surface area contributed by atoms with Crippen molar-refractivity contribution in [2.75, 3.05) is 13.1 Å². The third-order valence-corrected chi connectivity index (χ3v) is 6.06. The van der Waals surface area contributed by atoms with Gasteiger partial charge in [0.2, 0.25) is 11.8 Å². The fourth-order valence-electron chi connectivity index (χ4n) is 4.48. The van der Waals surface area contributed by atoms with E-state index in [9.17, 15) is 14.4 Å². The van der Waals surface area contributed by atoms with Crippen molar-refractivity contribution in [3.63, 3.8) is 0 Å². The molecule has 0 aromatic heterocycles. The molecule has 0 saturated carbocycles. The Bertz CT molecular complexity index is 778. The maximum absolute atomic E-state index is 13.1. The first-order chi connectivity index (χ1) is 13.1. The highest BCUT2D eigenvalue weighted by molar-refractivity contribution is 6.05. The third kappa shape index (κ3) is 3.37. The van der Waals surface area contributed by atoms with Gasteiger partial charge in [-0.1, -0.05) is 31.5 Å². The molecule has 0 radical (unpaired) electrons. The summed E-state index contributed by atoms with van der Waals surface area (Å²) in [6, 6.07) is 5.76. The Balaban J connectivity index is 1.50. The van der Waals surface area contributed by atoms with E-state index in [-0.39, 0.29) is 24.1 Å². The van der Waals surface area contributed by atoms with Crippen molar-refractivity contribution in [3.8, 4) is 0 Å². The van der Waals surface area contributed by atoms with E-state index < -0.39 is 6.04 Å². The van der Waals surface area contributed by atoms with E-state index in [1.165, 1.54) is 0 Å². The van der Waals surface area contributed by atoms with Crippen LogP contribution in [-0.2, 0) is 22.7 Å². The summed E-state index contributed by atoms with van der Waals surface area (Å²) in [7, 11) is 0. The number of nitrogens with zero attached hydrogens (tertiary/aromatic N) is 1. The lowest BCUT2D eigenvalue weighted by atomic mass is 9.99. The molecule has 0 spiro atoms. The third-order valence-electron chi connectivity index (χ3n) is 6.06. The van der Waals surface area contributed by atoms with Crippen LogP contribution < -0.4 is 16.0 Å². The molecular weight excluding hydrogens is 344 g/mol. The summed E-state index contributed by atoms with van der Waals surface area (Å²) >= 11 is 0. The monoisotopic (exact) mass is 370 g/mol. The Morgan fingerprint density at radius 3 is 2.85 bits per heavy atom. The Morgan fingerprint density at radius 2 is 2.07 bits per heavy atom. The molecule has 3 heterocycles. The molecular formula is C20H26N4O3. The van der Waals surface area contributed by atoms with Gasteiger partial charge in [-0.25, -0.2) is 0 Å². The van der Waals surface area contributed by atoms with Gasteiger partial charge in [-0.15, -0.1) is 0 Å². The van der Waals surface area contributed by atoms with Gasteiger partial charge in [0.15, 0.2) is 0 Å². The maximum atomic E-state index is 13.1. The van der Waals surface area contributed by atoms with Crippen LogP contribution in [0.25, 0.3) is 0 Å². The van der Waals surface area contributed by atoms with E-state index in [1.807, 2.05) is 18.2 Å². The quantitative estimate of drug-likeness (QED) is 0.658. The van der Waals surface area contributed by atoms with Gasteiger partial charge in [0.25, 0.3) is 5.91 Å². The molecule has 1 aromatic carbocycles. The van der Waals surface area contributed by atoms with Gasteiger partial charge < -0.3 is 15.5 Å². The number of hydrogen-bond donors (Lipinski definition) is 3. The predicted octanol–water partition coefficient (Wildman–Crippen LogP) is 0.535. The van der Waals surface area contributed by atoms with Gasteiger partial charge >= 0.3 is 0 Å². The molecule has 3 aliphatic heterocycles. The molecule has 27 heavy (non-hydrogen) atoms. The van der Waals surface area contributed by atoms with E-state index >= 15 is 0 Å². The Morgan fingerprint density at radius 1 is 1.22 bits per heavy atom. The lowest BCUT2D eigenvalue weighted by Crippen LogP contribution is -2.52. The maximum Gasteiger partial charge on any atom is 0.255 e. The Kier molecular flexibility index (Phi) is 4.97. The zero-order valence-electron chi connectivity index (χ0n) is 15.6. The van der Waals surface area contributed by atoms with Crippen LogP contribution in [0.3, 0.4) is 0 Å². The minimum atomic E-state index is -0.563. The molecule has 0 bridgehead atoms. The first-order valence-corrected chi connectivity index (χ1v) is 9.78. The SMILES string of the molecule is CC[C@H]1CNC[C@H]1NCc1cccc2c1C(=O)N(C1CCC(=O)NC1=O)C2. The lowest BCUT2D eigenvalue weighted by molar-refractivity contribution is -0.136. The summed E-state index contributed by atoms with van der Waals surface area (Å²) in [6.07, 6.45) is 1.79. The van der Waals surface area contributed by atoms with Crippen LogP contribution in [0.2, 0.25) is 0 Å². The molecule has 7 nitrogen and oxygen atoms in total. The van der Waals surface area contributed by atoms with Crippen molar-refractivity contribution in [2.24, 2.45) is 5.92 Å². The van der Waals surface area contributed by atoms with Crippen LogP contribution in [0, 0.1) is 5.92 Å². The predicted molar refractivity (Wildman–Crippen MR) is 99.8 cm³/mol. The smallest absolute Gasteiger partial charge is 0.255 e. The van der Waals surface area contributed by atoms with Gasteiger partial charge in [0.05, 0.1) is 0 Å². The fourth-order valence-corrected chi connectivity index (χ4v) is 4.48. The summed E-state index contributed by atoms with van der Waals surface area (Å²) < 4.78 is 0. The van der Waals surface area contributed by atoms with Gasteiger partial charge in [-0.05, 0) is 30.0 Å². The molecule has 7 heteroatoms. The standard InChI is InChI=1S/C20H26N4O3/c1-2-12-8-21-10-15(12)22-9-13-4-3-5-14-11-24(20(27)18(13)14)16-6-7-17(25)23-19(16)26/h3-5,12,15-16,21-22H,2,6-11H2,1H3,(H,23,25,26)/t12-,15+,16?/m0/s1. The van der Waals surface area contributed by atoms with E-state index in [0.717, 1.165) is 30.6 Å². The van der Waals surface area contributed by atoms with Crippen LogP contribution >= 0.6 is 0 Å². The Hall–Kier alpha value is -2.25. The highest BCUT2D eigenvalue weighted by atomic mass is 16.2. The Labute approximate surface area is 158 Å². The van der Waals surface area contributed by atoms with Crippen LogP contribution in [-0.4, -0.2) is 47.8 Å². The molecule has 2 saturated heterocycles. The number of amides is 3. The number of piperidine rings is 1. The molecule has 0 aliphatic carbocycles. The molecule has 144 valence electrons. The second kappa shape index (κ2) is 7.40. The van der Waals surface area contributed by atoms with Crippen molar-refractivity contribution >= 4 is 17.7 Å². The second-order valence-electron chi connectivity index (χ2n) is 7.67. The molecule has 3 N–H and O–H groups in total. The van der Waals surface area contributed by atoms with Crippen molar-refractivity contribution in [1.29, 1.82) is 0 Å². The number of carbonyl (C=O) groups excluding carboxylic acids is 3. The summed E-state index contributed by atoms with van der Waals surface area (Å²) in [5.41, 5.74) is 2.66. The molecule has 3 atom stereocenters. The summed E-state index contributed by atoms with van der Waals surface area (Å²) in [5.74, 6) is -0.123. The highest BCUT2D eigenvalue weighted by Crippen LogP contribution is 2.30. The molecule has 4 rings (SSSR count). The minimum absolute atomic E-state index is 0.103. The highest BCUT2D eigenvalue weighted by Gasteiger charge is 2.40. The number of benzene rings is 1. The number of imide groups is 1. The normalized spacial score (nSPS) is 27.8. The summed E-state index contributed by atoms with van der Waals surface area (Å²) in [5, 5.41) is 9.37. The van der Waals surface area contributed by atoms with Gasteiger partial charge in [0.1, 0.15) is 6.04 Å². The van der Waals surface area contributed by atoms with Crippen molar-refractivity contribution in [1.82, 2.24) is 20.9 Å². The molecule has 1 aromatic rings. The zero-order valence-corrected chi connectivity index (χ0v) is 15.6. The first kappa shape index (κ1) is 18.1. The van der Waals surface area contributed by atoms with Crippen LogP contribution in [0.4, 0.5) is 0 Å². The van der Waals surface area contributed by atoms with Crippen LogP contribution in [0.1, 0.15) is 47.7 Å². The number of rotatable bonds is 5. The number of carbonyl (C=O) groups is 3. The van der Waals surface area contributed by atoms with Crippen molar-refractivity contribution in [2.45, 2.75) is 51.4 Å². The minimum Gasteiger partial charge on any atom is -0.322 e. The molecule has 3 amide bonds. The number of fused-ring (bicyclic) bond motifs is 1. The van der Waals surface area contributed by atoms with Crippen LogP contribution in [0.5, 0.6) is 0 Å². The van der Waals surface area contributed by atoms with Crippen molar-refractivity contribution < 1.29 is 14.4 Å². The second-order valence-corrected chi connectivity index (χ2v) is 7.67. The fraction of sp³-hybridized carbons (Fsp3) is 0.550. The largest absolute Gasteiger partial charge is 0.322 e. The van der Waals surface area contributed by atoms with E-state index in [0.29, 0.717) is 37.0 Å². The summed E-state index contributed by atoms with van der Waals surface area (Å²) in [4.78, 5) is 38.3. The number of hydrogen-bond acceptors (Lipinski definition) is 5. The van der Waals surface area contributed by atoms with Gasteiger partial charge in [-0.3, -0.25) is 19.7 Å². The lowest BCUT2D eigenvalue weighted by Gasteiger charge is -2.29. The van der Waals surface area contributed by atoms with E-state index in [2.05, 4.69) is 22.9 Å². The topological polar surface area (TPSA) is 90.5 Å². The zero-order chi connectivity index (χ0) is 19.0. The average Bonchev–Trinajstić information content (AvgIpc) is 3.24. The van der Waals surface area contributed by atoms with Gasteiger partial charge in [-0.2, -0.15) is 0 Å². The molecule has 3 aliphatic rings. The first-order valence-electron chi connectivity index (χ1n) is 9.78. The van der Waals surface area contributed by atoms with Crippen molar-refractivity contribution in [3.05, 3.63) is 34.9 Å². The molecule has 1 unspecified atom stereocenters. The average molecular weight is 370 g/mol. The van der Waals surface area contributed by atoms with E-state index in [4.69, 9.17) is 0 Å². The van der Waals surface area contributed by atoms with Gasteiger partial charge in [0, 0.05) is 37.7 Å². The number of nitrogens with one attached hydrogen (secondary N) is 3. The van der Waals surface area contributed by atoms with Crippen LogP contribution in [0.15, 0.2) is 18.2 Å².